The van der Waals surface area contributed by atoms with Gasteiger partial charge in [-0.1, -0.05) is 0 Å². The van der Waals surface area contributed by atoms with Crippen molar-refractivity contribution in [1.82, 2.24) is 9.55 Å². The molecule has 0 spiro atoms. The Bertz CT molecular complexity index is 380. The molecule has 1 rings (SSSR count). The molecule has 0 aliphatic rings. The predicted octanol–water partition coefficient (Wildman–Crippen LogP) is -0.0368. The molecule has 5 heteroatoms. The summed E-state index contributed by atoms with van der Waals surface area (Å²) in [6, 6.07) is 1.34. The fourth-order valence-corrected chi connectivity index (χ4v) is 1.10. The zero-order chi connectivity index (χ0) is 10.4. The maximum Gasteiger partial charge on any atom is 0.328 e. The minimum atomic E-state index is -0.367. The van der Waals surface area contributed by atoms with Crippen molar-refractivity contribution in [2.45, 2.75) is 19.9 Å². The van der Waals surface area contributed by atoms with Crippen LogP contribution in [0.4, 0.5) is 0 Å². The zero-order valence-corrected chi connectivity index (χ0v) is 8.16. The van der Waals surface area contributed by atoms with Gasteiger partial charge in [0.15, 0.2) is 0 Å². The van der Waals surface area contributed by atoms with Gasteiger partial charge in [0.05, 0.1) is 0 Å². The second kappa shape index (κ2) is 5.39. The van der Waals surface area contributed by atoms with Crippen molar-refractivity contribution in [3.63, 3.8) is 0 Å². The number of rotatable bonds is 5. The Labute approximate surface area is 81.3 Å². The maximum absolute atomic E-state index is 11.2. The Hall–Kier alpha value is -1.36. The first-order valence-corrected chi connectivity index (χ1v) is 4.61. The van der Waals surface area contributed by atoms with Crippen LogP contribution in [0, 0.1) is 0 Å². The van der Waals surface area contributed by atoms with E-state index in [0.717, 1.165) is 6.42 Å². The molecule has 0 bridgehead atoms. The molecule has 0 aliphatic carbocycles. The van der Waals surface area contributed by atoms with Gasteiger partial charge in [-0.3, -0.25) is 9.78 Å². The summed E-state index contributed by atoms with van der Waals surface area (Å²) < 4.78 is 6.59. The molecule has 0 aromatic carbocycles. The Morgan fingerprint density at radius 1 is 1.50 bits per heavy atom. The van der Waals surface area contributed by atoms with Crippen molar-refractivity contribution in [2.24, 2.45) is 0 Å². The van der Waals surface area contributed by atoms with Crippen molar-refractivity contribution < 1.29 is 4.74 Å². The number of hydrogen-bond acceptors (Lipinski definition) is 3. The third-order valence-electron chi connectivity index (χ3n) is 1.79. The van der Waals surface area contributed by atoms with Gasteiger partial charge in [-0.15, -0.1) is 0 Å². The molecule has 78 valence electrons. The Morgan fingerprint density at radius 3 is 2.93 bits per heavy atom. The van der Waals surface area contributed by atoms with Gasteiger partial charge >= 0.3 is 5.69 Å². The van der Waals surface area contributed by atoms with Gasteiger partial charge in [0.2, 0.25) is 0 Å². The molecule has 0 saturated heterocycles. The maximum atomic E-state index is 11.2. The number of nitrogens with zero attached hydrogens (tertiary/aromatic N) is 1. The Balaban J connectivity index is 2.51. The highest BCUT2D eigenvalue weighted by Gasteiger charge is 1.95. The van der Waals surface area contributed by atoms with E-state index in [9.17, 15) is 9.59 Å². The summed E-state index contributed by atoms with van der Waals surface area (Å²) in [5, 5.41) is 0. The number of hydrogen-bond donors (Lipinski definition) is 1. The molecule has 1 aromatic rings. The molecule has 1 N–H and O–H groups in total. The first-order chi connectivity index (χ1) is 6.74. The molecular formula is C9H14N2O3. The van der Waals surface area contributed by atoms with Gasteiger partial charge < -0.3 is 9.30 Å². The number of nitrogens with one attached hydrogen (secondary N) is 1. The van der Waals surface area contributed by atoms with E-state index in [1.165, 1.54) is 16.8 Å². The molecule has 14 heavy (non-hydrogen) atoms. The van der Waals surface area contributed by atoms with Gasteiger partial charge in [-0.05, 0) is 13.3 Å². The van der Waals surface area contributed by atoms with E-state index in [-0.39, 0.29) is 11.2 Å². The minimum Gasteiger partial charge on any atom is -0.382 e. The van der Waals surface area contributed by atoms with Crippen LogP contribution in [0.5, 0.6) is 0 Å². The van der Waals surface area contributed by atoms with Crippen LogP contribution < -0.4 is 11.2 Å². The highest BCUT2D eigenvalue weighted by Crippen LogP contribution is 1.86. The summed E-state index contributed by atoms with van der Waals surface area (Å²) in [4.78, 5) is 24.1. The van der Waals surface area contributed by atoms with Crippen LogP contribution >= 0.6 is 0 Å². The Morgan fingerprint density at radius 2 is 2.29 bits per heavy atom. The van der Waals surface area contributed by atoms with E-state index in [4.69, 9.17) is 4.74 Å². The average molecular weight is 198 g/mol. The number of ether oxygens (including phenoxy) is 1. The second-order valence-electron chi connectivity index (χ2n) is 2.85. The number of H-pyrrole nitrogens is 1. The standard InChI is InChI=1S/C9H14N2O3/c1-2-14-7-3-5-11-6-4-8(12)10-9(11)13/h4,6H,2-3,5,7H2,1H3,(H,10,12,13). The van der Waals surface area contributed by atoms with Crippen molar-refractivity contribution >= 4 is 0 Å². The molecule has 1 heterocycles. The summed E-state index contributed by atoms with van der Waals surface area (Å²) in [6.45, 7) is 3.80. The quantitative estimate of drug-likeness (QED) is 0.675. The molecule has 0 amide bonds. The number of aromatic nitrogens is 2. The zero-order valence-electron chi connectivity index (χ0n) is 8.16. The van der Waals surface area contributed by atoms with Crippen LogP contribution in [0.15, 0.2) is 21.9 Å². The lowest BCUT2D eigenvalue weighted by Crippen LogP contribution is -2.28. The van der Waals surface area contributed by atoms with Crippen LogP contribution in [-0.4, -0.2) is 22.8 Å². The predicted molar refractivity (Wildman–Crippen MR) is 52.4 cm³/mol. The van der Waals surface area contributed by atoms with Crippen molar-refractivity contribution in [2.75, 3.05) is 13.2 Å². The number of aryl methyl sites for hydroxylation is 1. The van der Waals surface area contributed by atoms with E-state index >= 15 is 0 Å². The smallest absolute Gasteiger partial charge is 0.328 e. The van der Waals surface area contributed by atoms with E-state index in [2.05, 4.69) is 4.98 Å². The molecule has 0 unspecified atom stereocenters. The number of aromatic amines is 1. The van der Waals surface area contributed by atoms with Gasteiger partial charge in [-0.2, -0.15) is 0 Å². The topological polar surface area (TPSA) is 64.1 Å². The van der Waals surface area contributed by atoms with Crippen molar-refractivity contribution in [3.8, 4) is 0 Å². The lowest BCUT2D eigenvalue weighted by atomic mass is 10.4. The molecule has 0 fully saturated rings. The van der Waals surface area contributed by atoms with Gasteiger partial charge in [0.25, 0.3) is 5.56 Å². The van der Waals surface area contributed by atoms with E-state index in [0.29, 0.717) is 19.8 Å². The van der Waals surface area contributed by atoms with Crippen LogP contribution in [0.3, 0.4) is 0 Å². The Kier molecular flexibility index (Phi) is 4.12. The fourth-order valence-electron chi connectivity index (χ4n) is 1.10. The SMILES string of the molecule is CCOCCCn1ccc(=O)[nH]c1=O. The highest BCUT2D eigenvalue weighted by atomic mass is 16.5. The molecule has 0 saturated carbocycles. The largest absolute Gasteiger partial charge is 0.382 e. The first-order valence-electron chi connectivity index (χ1n) is 4.61. The summed E-state index contributed by atoms with van der Waals surface area (Å²) in [5.74, 6) is 0. The molecule has 0 aliphatic heterocycles. The van der Waals surface area contributed by atoms with Crippen molar-refractivity contribution in [3.05, 3.63) is 33.1 Å². The minimum absolute atomic E-state index is 0.365. The molecular weight excluding hydrogens is 184 g/mol. The molecule has 5 nitrogen and oxygen atoms in total. The monoisotopic (exact) mass is 198 g/mol. The van der Waals surface area contributed by atoms with Crippen LogP contribution in [0.25, 0.3) is 0 Å². The van der Waals surface area contributed by atoms with E-state index < -0.39 is 0 Å². The fraction of sp³-hybridized carbons (Fsp3) is 0.556. The summed E-state index contributed by atoms with van der Waals surface area (Å²) >= 11 is 0. The lowest BCUT2D eigenvalue weighted by Gasteiger charge is -2.03. The van der Waals surface area contributed by atoms with Crippen molar-refractivity contribution in [1.29, 1.82) is 0 Å². The lowest BCUT2D eigenvalue weighted by molar-refractivity contribution is 0.141. The third kappa shape index (κ3) is 3.18. The summed E-state index contributed by atoms with van der Waals surface area (Å²) in [5.41, 5.74) is -0.731. The van der Waals surface area contributed by atoms with E-state index in [1.807, 2.05) is 6.92 Å². The molecule has 1 aromatic heterocycles. The van der Waals surface area contributed by atoms with Gasteiger partial charge in [0, 0.05) is 32.0 Å². The average Bonchev–Trinajstić information content (AvgIpc) is 2.15. The summed E-state index contributed by atoms with van der Waals surface area (Å²) in [6.07, 6.45) is 2.26. The molecule has 0 atom stereocenters. The van der Waals surface area contributed by atoms with Crippen LogP contribution in [0.1, 0.15) is 13.3 Å². The highest BCUT2D eigenvalue weighted by molar-refractivity contribution is 4.82. The van der Waals surface area contributed by atoms with Gasteiger partial charge in [0.1, 0.15) is 0 Å². The second-order valence-corrected chi connectivity index (χ2v) is 2.85. The third-order valence-corrected chi connectivity index (χ3v) is 1.79. The van der Waals surface area contributed by atoms with Crippen LogP contribution in [0.2, 0.25) is 0 Å². The normalized spacial score (nSPS) is 10.4. The molecule has 0 radical (unpaired) electrons. The van der Waals surface area contributed by atoms with Gasteiger partial charge in [-0.25, -0.2) is 4.79 Å². The van der Waals surface area contributed by atoms with Crippen LogP contribution in [-0.2, 0) is 11.3 Å². The summed E-state index contributed by atoms with van der Waals surface area (Å²) in [7, 11) is 0. The first kappa shape index (κ1) is 10.7. The van der Waals surface area contributed by atoms with E-state index in [1.54, 1.807) is 0 Å².